The Morgan fingerprint density at radius 3 is 2.65 bits per heavy atom. The number of nitrogens with one attached hydrogen (secondary N) is 2. The minimum atomic E-state index is -1.05. The SMILES string of the molecule is Cc1ccc(C(=O)N[C@H](CC(=O)O)c2cccc(Br)c2)c(=O)[nH]1. The summed E-state index contributed by atoms with van der Waals surface area (Å²) in [4.78, 5) is 37.7. The van der Waals surface area contributed by atoms with Crippen molar-refractivity contribution >= 4 is 27.8 Å². The number of amides is 1. The third kappa shape index (κ3) is 4.53. The molecule has 0 saturated carbocycles. The van der Waals surface area contributed by atoms with Gasteiger partial charge in [-0.2, -0.15) is 0 Å². The number of hydrogen-bond donors (Lipinski definition) is 3. The summed E-state index contributed by atoms with van der Waals surface area (Å²) in [5.41, 5.74) is 0.714. The first-order valence-corrected chi connectivity index (χ1v) is 7.64. The molecule has 2 rings (SSSR count). The van der Waals surface area contributed by atoms with Crippen molar-refractivity contribution in [1.29, 1.82) is 0 Å². The Balaban J connectivity index is 2.28. The zero-order valence-corrected chi connectivity index (χ0v) is 13.9. The van der Waals surface area contributed by atoms with Crippen molar-refractivity contribution in [2.24, 2.45) is 0 Å². The number of benzene rings is 1. The number of halogens is 1. The van der Waals surface area contributed by atoms with E-state index in [0.29, 0.717) is 11.3 Å². The summed E-state index contributed by atoms with van der Waals surface area (Å²) < 4.78 is 0.771. The number of carbonyl (C=O) groups is 2. The second kappa shape index (κ2) is 7.23. The molecule has 0 radical (unpaired) electrons. The number of rotatable bonds is 5. The van der Waals surface area contributed by atoms with Gasteiger partial charge in [-0.3, -0.25) is 14.4 Å². The second-order valence-electron chi connectivity index (χ2n) is 5.06. The highest BCUT2D eigenvalue weighted by Gasteiger charge is 2.20. The normalized spacial score (nSPS) is 11.7. The molecule has 2 aromatic rings. The summed E-state index contributed by atoms with van der Waals surface area (Å²) in [5, 5.41) is 11.7. The van der Waals surface area contributed by atoms with Crippen molar-refractivity contribution in [2.45, 2.75) is 19.4 Å². The van der Waals surface area contributed by atoms with Gasteiger partial charge in [-0.1, -0.05) is 28.1 Å². The summed E-state index contributed by atoms with van der Waals surface area (Å²) >= 11 is 3.31. The summed E-state index contributed by atoms with van der Waals surface area (Å²) in [6.07, 6.45) is -0.286. The molecule has 1 heterocycles. The molecule has 3 N–H and O–H groups in total. The van der Waals surface area contributed by atoms with E-state index in [1.165, 1.54) is 6.07 Å². The summed E-state index contributed by atoms with van der Waals surface area (Å²) in [7, 11) is 0. The molecule has 0 saturated heterocycles. The number of H-pyrrole nitrogens is 1. The van der Waals surface area contributed by atoms with E-state index in [2.05, 4.69) is 26.2 Å². The van der Waals surface area contributed by atoms with Crippen molar-refractivity contribution < 1.29 is 14.7 Å². The monoisotopic (exact) mass is 378 g/mol. The molecule has 1 atom stereocenters. The van der Waals surface area contributed by atoms with Crippen molar-refractivity contribution in [3.63, 3.8) is 0 Å². The van der Waals surface area contributed by atoms with Crippen LogP contribution in [-0.2, 0) is 4.79 Å². The first-order valence-electron chi connectivity index (χ1n) is 6.85. The fraction of sp³-hybridized carbons (Fsp3) is 0.188. The van der Waals surface area contributed by atoms with Gasteiger partial charge in [0.25, 0.3) is 11.5 Å². The Labute approximate surface area is 140 Å². The summed E-state index contributed by atoms with van der Waals surface area (Å²) in [6.45, 7) is 1.71. The predicted molar refractivity (Wildman–Crippen MR) is 88.4 cm³/mol. The maximum atomic E-state index is 12.3. The Morgan fingerprint density at radius 2 is 2.04 bits per heavy atom. The number of pyridine rings is 1. The average Bonchev–Trinajstić information content (AvgIpc) is 2.45. The smallest absolute Gasteiger partial charge is 0.305 e. The lowest BCUT2D eigenvalue weighted by atomic mass is 10.0. The Bertz CT molecular complexity index is 801. The number of hydrogen-bond acceptors (Lipinski definition) is 3. The molecule has 1 aromatic carbocycles. The van der Waals surface area contributed by atoms with Gasteiger partial charge in [0.2, 0.25) is 0 Å². The van der Waals surface area contributed by atoms with Crippen LogP contribution < -0.4 is 10.9 Å². The molecule has 1 amide bonds. The third-order valence-corrected chi connectivity index (χ3v) is 3.73. The first-order chi connectivity index (χ1) is 10.9. The van der Waals surface area contributed by atoms with Crippen LogP contribution in [0.3, 0.4) is 0 Å². The molecule has 0 bridgehead atoms. The highest BCUT2D eigenvalue weighted by atomic mass is 79.9. The predicted octanol–water partition coefficient (Wildman–Crippen LogP) is 2.39. The lowest BCUT2D eigenvalue weighted by Gasteiger charge is -2.17. The molecular formula is C16H15BrN2O4. The van der Waals surface area contributed by atoms with Gasteiger partial charge < -0.3 is 15.4 Å². The van der Waals surface area contributed by atoms with Gasteiger partial charge >= 0.3 is 5.97 Å². The van der Waals surface area contributed by atoms with Crippen LogP contribution in [0.5, 0.6) is 0 Å². The number of aromatic amines is 1. The van der Waals surface area contributed by atoms with Crippen molar-refractivity contribution in [3.05, 3.63) is 68.0 Å². The zero-order valence-electron chi connectivity index (χ0n) is 12.3. The minimum Gasteiger partial charge on any atom is -0.481 e. The van der Waals surface area contributed by atoms with E-state index in [9.17, 15) is 14.4 Å². The molecule has 0 aliphatic carbocycles. The molecule has 7 heteroatoms. The van der Waals surface area contributed by atoms with E-state index in [1.54, 1.807) is 37.3 Å². The topological polar surface area (TPSA) is 99.3 Å². The highest BCUT2D eigenvalue weighted by Crippen LogP contribution is 2.21. The maximum Gasteiger partial charge on any atom is 0.305 e. The van der Waals surface area contributed by atoms with Gasteiger partial charge in [0.05, 0.1) is 12.5 Å². The highest BCUT2D eigenvalue weighted by molar-refractivity contribution is 9.10. The van der Waals surface area contributed by atoms with Gasteiger partial charge in [0.1, 0.15) is 5.56 Å². The number of carboxylic acid groups (broad SMARTS) is 1. The maximum absolute atomic E-state index is 12.3. The van der Waals surface area contributed by atoms with Crippen LogP contribution in [0.4, 0.5) is 0 Å². The van der Waals surface area contributed by atoms with E-state index >= 15 is 0 Å². The number of aliphatic carboxylic acids is 1. The largest absolute Gasteiger partial charge is 0.481 e. The quantitative estimate of drug-likeness (QED) is 0.743. The van der Waals surface area contributed by atoms with Gasteiger partial charge in [-0.15, -0.1) is 0 Å². The van der Waals surface area contributed by atoms with Crippen LogP contribution in [-0.4, -0.2) is 22.0 Å². The second-order valence-corrected chi connectivity index (χ2v) is 5.98. The van der Waals surface area contributed by atoms with Crippen molar-refractivity contribution in [3.8, 4) is 0 Å². The molecular weight excluding hydrogens is 364 g/mol. The Hall–Kier alpha value is -2.41. The van der Waals surface area contributed by atoms with Gasteiger partial charge in [0.15, 0.2) is 0 Å². The fourth-order valence-electron chi connectivity index (χ4n) is 2.14. The molecule has 120 valence electrons. The van der Waals surface area contributed by atoms with Crippen LogP contribution in [0.15, 0.2) is 45.7 Å². The lowest BCUT2D eigenvalue weighted by molar-refractivity contribution is -0.137. The molecule has 1 aromatic heterocycles. The zero-order chi connectivity index (χ0) is 17.0. The molecule has 0 aliphatic rings. The van der Waals surface area contributed by atoms with Gasteiger partial charge in [-0.25, -0.2) is 0 Å². The van der Waals surface area contributed by atoms with E-state index < -0.39 is 23.5 Å². The van der Waals surface area contributed by atoms with Crippen LogP contribution in [0.1, 0.15) is 34.1 Å². The summed E-state index contributed by atoms with van der Waals surface area (Å²) in [6, 6.07) is 9.29. The Kier molecular flexibility index (Phi) is 5.33. The van der Waals surface area contributed by atoms with Gasteiger partial charge in [-0.05, 0) is 36.8 Å². The van der Waals surface area contributed by atoms with E-state index in [0.717, 1.165) is 4.47 Å². The lowest BCUT2D eigenvalue weighted by Crippen LogP contribution is -2.34. The number of carbonyl (C=O) groups excluding carboxylic acids is 1. The van der Waals surface area contributed by atoms with E-state index in [-0.39, 0.29) is 12.0 Å². The minimum absolute atomic E-state index is 0.0546. The van der Waals surface area contributed by atoms with E-state index in [4.69, 9.17) is 5.11 Å². The van der Waals surface area contributed by atoms with Crippen LogP contribution >= 0.6 is 15.9 Å². The summed E-state index contributed by atoms with van der Waals surface area (Å²) in [5.74, 6) is -1.66. The first kappa shape index (κ1) is 17.0. The molecule has 23 heavy (non-hydrogen) atoms. The van der Waals surface area contributed by atoms with Crippen LogP contribution in [0, 0.1) is 6.92 Å². The number of carboxylic acids is 1. The van der Waals surface area contributed by atoms with Gasteiger partial charge in [0, 0.05) is 10.2 Å². The molecule has 0 fully saturated rings. The fourth-order valence-corrected chi connectivity index (χ4v) is 2.55. The van der Waals surface area contributed by atoms with Crippen molar-refractivity contribution in [2.75, 3.05) is 0 Å². The molecule has 0 spiro atoms. The number of aryl methyl sites for hydroxylation is 1. The van der Waals surface area contributed by atoms with E-state index in [1.807, 2.05) is 0 Å². The Morgan fingerprint density at radius 1 is 1.30 bits per heavy atom. The molecule has 6 nitrogen and oxygen atoms in total. The standard InChI is InChI=1S/C16H15BrN2O4/c1-9-5-6-12(15(22)18-9)16(23)19-13(8-14(20)21)10-3-2-4-11(17)7-10/h2-7,13H,8H2,1H3,(H,18,22)(H,19,23)(H,20,21)/t13-/m1/s1. The molecule has 0 unspecified atom stereocenters. The third-order valence-electron chi connectivity index (χ3n) is 3.24. The van der Waals surface area contributed by atoms with Crippen molar-refractivity contribution in [1.82, 2.24) is 10.3 Å². The van der Waals surface area contributed by atoms with Crippen LogP contribution in [0.25, 0.3) is 0 Å². The average molecular weight is 379 g/mol. The number of aromatic nitrogens is 1. The van der Waals surface area contributed by atoms with Crippen LogP contribution in [0.2, 0.25) is 0 Å². The molecule has 0 aliphatic heterocycles.